The van der Waals surface area contributed by atoms with Crippen molar-refractivity contribution in [2.75, 3.05) is 33.2 Å². The first-order valence-electron chi connectivity index (χ1n) is 9.01. The SMILES string of the molecule is CN1C[C@@H]2CN3CCCC[C@@H]3[C@H](C1)[C@@H]2OC(=O)c1ccc(Cl)cc1. The van der Waals surface area contributed by atoms with Crippen LogP contribution in [0.2, 0.25) is 5.02 Å². The van der Waals surface area contributed by atoms with Crippen LogP contribution in [0.15, 0.2) is 24.3 Å². The van der Waals surface area contributed by atoms with Crippen LogP contribution in [0.4, 0.5) is 0 Å². The van der Waals surface area contributed by atoms with Crippen molar-refractivity contribution in [3.8, 4) is 0 Å². The minimum Gasteiger partial charge on any atom is -0.458 e. The number of halogens is 1. The zero-order chi connectivity index (χ0) is 16.7. The number of likely N-dealkylation sites (tertiary alicyclic amines) is 1. The molecule has 4 atom stereocenters. The first-order valence-corrected chi connectivity index (χ1v) is 9.39. The van der Waals surface area contributed by atoms with E-state index in [0.29, 0.717) is 28.5 Å². The minimum atomic E-state index is -0.208. The zero-order valence-corrected chi connectivity index (χ0v) is 14.9. The molecule has 3 aliphatic heterocycles. The van der Waals surface area contributed by atoms with E-state index in [0.717, 1.165) is 19.6 Å². The number of carbonyl (C=O) groups excluding carboxylic acids is 1. The third-order valence-electron chi connectivity index (χ3n) is 5.91. The molecule has 2 bridgehead atoms. The highest BCUT2D eigenvalue weighted by atomic mass is 35.5. The predicted molar refractivity (Wildman–Crippen MR) is 94.3 cm³/mol. The Labute approximate surface area is 148 Å². The number of piperidine rings is 3. The molecule has 0 saturated carbocycles. The van der Waals surface area contributed by atoms with Gasteiger partial charge in [-0.25, -0.2) is 4.79 Å². The molecule has 5 heteroatoms. The maximum absolute atomic E-state index is 12.6. The maximum atomic E-state index is 12.6. The lowest BCUT2D eigenvalue weighted by Crippen LogP contribution is -2.65. The van der Waals surface area contributed by atoms with E-state index in [2.05, 4.69) is 16.8 Å². The lowest BCUT2D eigenvalue weighted by atomic mass is 9.74. The van der Waals surface area contributed by atoms with E-state index in [1.807, 2.05) is 0 Å². The highest BCUT2D eigenvalue weighted by Crippen LogP contribution is 2.39. The van der Waals surface area contributed by atoms with Crippen LogP contribution in [0.3, 0.4) is 0 Å². The van der Waals surface area contributed by atoms with Crippen molar-refractivity contribution in [2.45, 2.75) is 31.4 Å². The van der Waals surface area contributed by atoms with E-state index in [4.69, 9.17) is 16.3 Å². The number of carbonyl (C=O) groups is 1. The van der Waals surface area contributed by atoms with Gasteiger partial charge in [0, 0.05) is 42.5 Å². The van der Waals surface area contributed by atoms with Gasteiger partial charge in [0.05, 0.1) is 5.56 Å². The fourth-order valence-electron chi connectivity index (χ4n) is 4.89. The summed E-state index contributed by atoms with van der Waals surface area (Å²) in [6, 6.07) is 7.57. The fraction of sp³-hybridized carbons (Fsp3) is 0.632. The van der Waals surface area contributed by atoms with Crippen LogP contribution in [0.5, 0.6) is 0 Å². The number of benzene rings is 1. The van der Waals surface area contributed by atoms with Crippen LogP contribution in [-0.2, 0) is 4.74 Å². The molecule has 24 heavy (non-hydrogen) atoms. The summed E-state index contributed by atoms with van der Waals surface area (Å²) in [5.74, 6) is 0.638. The summed E-state index contributed by atoms with van der Waals surface area (Å²) in [7, 11) is 2.19. The minimum absolute atomic E-state index is 0.0451. The molecule has 1 aromatic carbocycles. The number of nitrogens with zero attached hydrogens (tertiary/aromatic N) is 2. The molecule has 3 fully saturated rings. The molecule has 0 spiro atoms. The molecule has 4 nitrogen and oxygen atoms in total. The largest absolute Gasteiger partial charge is 0.458 e. The van der Waals surface area contributed by atoms with Gasteiger partial charge in [-0.3, -0.25) is 4.90 Å². The molecular weight excluding hydrogens is 324 g/mol. The third kappa shape index (κ3) is 3.07. The van der Waals surface area contributed by atoms with Crippen LogP contribution in [-0.4, -0.2) is 61.1 Å². The van der Waals surface area contributed by atoms with Gasteiger partial charge in [0.2, 0.25) is 0 Å². The average Bonchev–Trinajstić information content (AvgIpc) is 2.56. The summed E-state index contributed by atoms with van der Waals surface area (Å²) in [5, 5.41) is 0.639. The lowest BCUT2D eigenvalue weighted by Gasteiger charge is -2.55. The molecule has 0 aromatic heterocycles. The van der Waals surface area contributed by atoms with Crippen molar-refractivity contribution in [3.05, 3.63) is 34.9 Å². The Morgan fingerprint density at radius 3 is 2.75 bits per heavy atom. The van der Waals surface area contributed by atoms with Crippen LogP contribution < -0.4 is 0 Å². The van der Waals surface area contributed by atoms with E-state index in [1.165, 1.54) is 25.8 Å². The van der Waals surface area contributed by atoms with Crippen molar-refractivity contribution < 1.29 is 9.53 Å². The van der Waals surface area contributed by atoms with Gasteiger partial charge in [-0.1, -0.05) is 18.0 Å². The van der Waals surface area contributed by atoms with E-state index in [1.54, 1.807) is 24.3 Å². The number of esters is 1. The van der Waals surface area contributed by atoms with Crippen molar-refractivity contribution >= 4 is 17.6 Å². The highest BCUT2D eigenvalue weighted by molar-refractivity contribution is 6.30. The smallest absolute Gasteiger partial charge is 0.338 e. The number of ether oxygens (including phenoxy) is 1. The van der Waals surface area contributed by atoms with E-state index < -0.39 is 0 Å². The zero-order valence-electron chi connectivity index (χ0n) is 14.2. The summed E-state index contributed by atoms with van der Waals surface area (Å²) in [5.41, 5.74) is 0.594. The topological polar surface area (TPSA) is 32.8 Å². The first kappa shape index (κ1) is 16.4. The van der Waals surface area contributed by atoms with Crippen molar-refractivity contribution in [3.63, 3.8) is 0 Å². The van der Waals surface area contributed by atoms with Crippen LogP contribution >= 0.6 is 11.6 Å². The summed E-state index contributed by atoms with van der Waals surface area (Å²) >= 11 is 5.92. The second-order valence-corrected chi connectivity index (χ2v) is 8.02. The van der Waals surface area contributed by atoms with Crippen molar-refractivity contribution in [1.29, 1.82) is 0 Å². The first-order chi connectivity index (χ1) is 11.6. The van der Waals surface area contributed by atoms with Gasteiger partial charge < -0.3 is 9.64 Å². The molecule has 3 saturated heterocycles. The number of rotatable bonds is 2. The molecule has 4 rings (SSSR count). The second kappa shape index (κ2) is 6.66. The normalized spacial score (nSPS) is 33.8. The van der Waals surface area contributed by atoms with Gasteiger partial charge >= 0.3 is 5.97 Å². The standard InChI is InChI=1S/C19H25ClN2O2/c1-21-10-14-11-22-9-3-2-4-17(22)16(12-21)18(14)24-19(23)13-5-7-15(20)8-6-13/h5-8,14,16-18H,2-4,9-12H2,1H3/t14-,16+,17-,18-/m1/s1. The Hall–Kier alpha value is -1.10. The van der Waals surface area contributed by atoms with Gasteiger partial charge in [-0.05, 0) is 50.7 Å². The van der Waals surface area contributed by atoms with Crippen LogP contribution in [0.1, 0.15) is 29.6 Å². The quantitative estimate of drug-likeness (QED) is 0.769. The maximum Gasteiger partial charge on any atom is 0.338 e. The van der Waals surface area contributed by atoms with E-state index >= 15 is 0 Å². The van der Waals surface area contributed by atoms with Gasteiger partial charge in [0.1, 0.15) is 6.10 Å². The van der Waals surface area contributed by atoms with E-state index in [9.17, 15) is 4.79 Å². The monoisotopic (exact) mass is 348 g/mol. The summed E-state index contributed by atoms with van der Waals surface area (Å²) < 4.78 is 6.05. The molecule has 130 valence electrons. The molecule has 1 aromatic rings. The highest BCUT2D eigenvalue weighted by Gasteiger charge is 2.49. The molecule has 3 heterocycles. The Morgan fingerprint density at radius 2 is 1.96 bits per heavy atom. The predicted octanol–water partition coefficient (Wildman–Crippen LogP) is 2.91. The Morgan fingerprint density at radius 1 is 1.17 bits per heavy atom. The van der Waals surface area contributed by atoms with Crippen molar-refractivity contribution in [2.24, 2.45) is 11.8 Å². The summed E-state index contributed by atoms with van der Waals surface area (Å²) in [4.78, 5) is 17.7. The third-order valence-corrected chi connectivity index (χ3v) is 6.16. The molecule has 3 aliphatic rings. The molecule has 0 radical (unpaired) electrons. The van der Waals surface area contributed by atoms with Gasteiger partial charge in [0.15, 0.2) is 0 Å². The Bertz CT molecular complexity index is 606. The average molecular weight is 349 g/mol. The fourth-order valence-corrected chi connectivity index (χ4v) is 5.01. The summed E-state index contributed by atoms with van der Waals surface area (Å²) in [6.07, 6.45) is 3.88. The van der Waals surface area contributed by atoms with Gasteiger partial charge in [-0.2, -0.15) is 0 Å². The molecular formula is C19H25ClN2O2. The Balaban J connectivity index is 1.53. The summed E-state index contributed by atoms with van der Waals surface area (Å²) in [6.45, 7) is 4.30. The lowest BCUT2D eigenvalue weighted by molar-refractivity contribution is -0.118. The molecule has 0 aliphatic carbocycles. The van der Waals surface area contributed by atoms with Crippen molar-refractivity contribution in [1.82, 2.24) is 9.80 Å². The number of hydrogen-bond donors (Lipinski definition) is 0. The van der Waals surface area contributed by atoms with Gasteiger partial charge in [-0.15, -0.1) is 0 Å². The molecule has 0 unspecified atom stereocenters. The Kier molecular flexibility index (Phi) is 4.54. The van der Waals surface area contributed by atoms with Crippen LogP contribution in [0, 0.1) is 11.8 Å². The number of hydrogen-bond acceptors (Lipinski definition) is 4. The molecule has 0 amide bonds. The van der Waals surface area contributed by atoms with Crippen LogP contribution in [0.25, 0.3) is 0 Å². The van der Waals surface area contributed by atoms with E-state index in [-0.39, 0.29) is 12.1 Å². The molecule has 0 N–H and O–H groups in total. The number of fused-ring (bicyclic) bond motifs is 4. The second-order valence-electron chi connectivity index (χ2n) is 7.58. The van der Waals surface area contributed by atoms with Gasteiger partial charge in [0.25, 0.3) is 0 Å².